The molecule has 0 aliphatic carbocycles. The molecule has 0 aliphatic heterocycles. The first-order valence-corrected chi connectivity index (χ1v) is 17.4. The molecule has 5 heteroatoms. The first-order chi connectivity index (χ1) is 24.8. The highest BCUT2D eigenvalue weighted by atomic mass is 32.1. The minimum Gasteiger partial charge on any atom is -0.455 e. The van der Waals surface area contributed by atoms with Crippen molar-refractivity contribution >= 4 is 53.4 Å². The maximum atomic E-state index is 6.91. The quantitative estimate of drug-likeness (QED) is 0.185. The molecule has 0 spiro atoms. The van der Waals surface area contributed by atoms with E-state index >= 15 is 0 Å². The van der Waals surface area contributed by atoms with Gasteiger partial charge in [0, 0.05) is 53.2 Å². The molecule has 0 bridgehead atoms. The highest BCUT2D eigenvalue weighted by Gasteiger charge is 2.20. The van der Waals surface area contributed by atoms with Gasteiger partial charge in [-0.15, -0.1) is 11.3 Å². The fourth-order valence-electron chi connectivity index (χ4n) is 6.95. The predicted octanol–water partition coefficient (Wildman–Crippen LogP) is 12.5. The minimum absolute atomic E-state index is 0.568. The summed E-state index contributed by atoms with van der Waals surface area (Å²) in [5, 5.41) is 4.63. The Labute approximate surface area is 292 Å². The van der Waals surface area contributed by atoms with Crippen molar-refractivity contribution in [1.82, 2.24) is 15.0 Å². The second-order valence-electron chi connectivity index (χ2n) is 12.4. The van der Waals surface area contributed by atoms with Gasteiger partial charge in [-0.1, -0.05) is 152 Å². The van der Waals surface area contributed by atoms with Crippen molar-refractivity contribution < 1.29 is 4.42 Å². The molecule has 0 amide bonds. The number of benzene rings is 7. The third kappa shape index (κ3) is 4.71. The Morgan fingerprint density at radius 2 is 0.820 bits per heavy atom. The van der Waals surface area contributed by atoms with Crippen LogP contribution in [0.3, 0.4) is 0 Å². The molecule has 0 radical (unpaired) electrons. The normalized spacial score (nSPS) is 11.6. The molecule has 0 unspecified atom stereocenters. The maximum absolute atomic E-state index is 6.91. The molecule has 3 aromatic heterocycles. The van der Waals surface area contributed by atoms with E-state index in [-0.39, 0.29) is 0 Å². The minimum atomic E-state index is 0.568. The molecule has 7 aromatic carbocycles. The van der Waals surface area contributed by atoms with E-state index in [1.165, 1.54) is 31.3 Å². The summed E-state index contributed by atoms with van der Waals surface area (Å²) in [7, 11) is 0. The van der Waals surface area contributed by atoms with Crippen LogP contribution in [-0.4, -0.2) is 15.0 Å². The topological polar surface area (TPSA) is 51.8 Å². The fourth-order valence-corrected chi connectivity index (χ4v) is 8.18. The van der Waals surface area contributed by atoms with Gasteiger partial charge in [0.05, 0.1) is 5.56 Å². The van der Waals surface area contributed by atoms with E-state index < -0.39 is 0 Å². The lowest BCUT2D eigenvalue weighted by molar-refractivity contribution is 0.670. The number of fused-ring (bicyclic) bond motifs is 6. The fraction of sp³-hybridized carbons (Fsp3) is 0. The number of nitrogens with zero attached hydrogens (tertiary/aromatic N) is 3. The molecule has 0 saturated carbocycles. The van der Waals surface area contributed by atoms with Crippen molar-refractivity contribution in [2.45, 2.75) is 0 Å². The number of para-hydroxylation sites is 2. The van der Waals surface area contributed by atoms with Crippen LogP contribution in [-0.2, 0) is 0 Å². The molecule has 50 heavy (non-hydrogen) atoms. The summed E-state index contributed by atoms with van der Waals surface area (Å²) in [5.41, 5.74) is 8.83. The van der Waals surface area contributed by atoms with Crippen LogP contribution in [0.4, 0.5) is 0 Å². The Kier molecular flexibility index (Phi) is 6.64. The molecule has 3 heterocycles. The number of hydrogen-bond acceptors (Lipinski definition) is 5. The van der Waals surface area contributed by atoms with Crippen molar-refractivity contribution in [2.24, 2.45) is 0 Å². The largest absolute Gasteiger partial charge is 0.455 e. The van der Waals surface area contributed by atoms with Crippen LogP contribution in [0, 0.1) is 0 Å². The molecule has 10 aromatic rings. The Hall–Kier alpha value is -6.43. The maximum Gasteiger partial charge on any atom is 0.167 e. The van der Waals surface area contributed by atoms with Crippen LogP contribution < -0.4 is 0 Å². The Bertz CT molecular complexity index is 2860. The molecule has 4 nitrogen and oxygen atoms in total. The van der Waals surface area contributed by atoms with E-state index in [1.807, 2.05) is 53.8 Å². The second-order valence-corrected chi connectivity index (χ2v) is 13.4. The third-order valence-corrected chi connectivity index (χ3v) is 10.6. The van der Waals surface area contributed by atoms with E-state index in [2.05, 4.69) is 121 Å². The van der Waals surface area contributed by atoms with Crippen molar-refractivity contribution in [2.75, 3.05) is 0 Å². The zero-order chi connectivity index (χ0) is 33.0. The summed E-state index contributed by atoms with van der Waals surface area (Å²) in [6, 6.07) is 56.7. The summed E-state index contributed by atoms with van der Waals surface area (Å²) >= 11 is 1.83. The lowest BCUT2D eigenvalue weighted by Crippen LogP contribution is -2.00. The predicted molar refractivity (Wildman–Crippen MR) is 207 cm³/mol. The molecular weight excluding hydrogens is 631 g/mol. The molecule has 234 valence electrons. The van der Waals surface area contributed by atoms with Crippen LogP contribution in [0.15, 0.2) is 168 Å². The monoisotopic (exact) mass is 657 g/mol. The number of thiophene rings is 1. The van der Waals surface area contributed by atoms with Crippen LogP contribution in [0.5, 0.6) is 0 Å². The number of rotatable bonds is 5. The Balaban J connectivity index is 1.16. The standard InChI is InChI=1S/C45H27N3OS/c1-3-12-28(13-4-1)29-24-26-31(27-25-29)44-46-43(30-14-5-2-6-15-30)47-45(48-44)38-22-10-18-34-33-17-9-19-35(40(33)49-41(34)38)37-21-11-20-36-32-16-7-8-23-39(32)50-42(36)37/h1-27H. The van der Waals surface area contributed by atoms with Crippen molar-refractivity contribution in [3.63, 3.8) is 0 Å². The van der Waals surface area contributed by atoms with Gasteiger partial charge in [0.25, 0.3) is 0 Å². The summed E-state index contributed by atoms with van der Waals surface area (Å²) in [4.78, 5) is 15.1. The van der Waals surface area contributed by atoms with Crippen LogP contribution in [0.2, 0.25) is 0 Å². The first kappa shape index (κ1) is 28.6. The SMILES string of the molecule is c1ccc(-c2ccc(-c3nc(-c4ccccc4)nc(-c4cccc5c4oc4c(-c6cccc7c6sc6ccccc67)cccc45)n3)cc2)cc1. The average Bonchev–Trinajstić information content (AvgIpc) is 3.77. The number of furan rings is 1. The average molecular weight is 658 g/mol. The zero-order valence-corrected chi connectivity index (χ0v) is 27.6. The number of aromatic nitrogens is 3. The van der Waals surface area contributed by atoms with E-state index in [4.69, 9.17) is 19.4 Å². The lowest BCUT2D eigenvalue weighted by Gasteiger charge is -2.09. The van der Waals surface area contributed by atoms with Gasteiger partial charge < -0.3 is 4.42 Å². The molecule has 0 aliphatic rings. The lowest BCUT2D eigenvalue weighted by atomic mass is 10.00. The highest BCUT2D eigenvalue weighted by molar-refractivity contribution is 7.26. The molecule has 0 N–H and O–H groups in total. The van der Waals surface area contributed by atoms with Gasteiger partial charge in [-0.05, 0) is 23.3 Å². The van der Waals surface area contributed by atoms with E-state index in [9.17, 15) is 0 Å². The van der Waals surface area contributed by atoms with Gasteiger partial charge >= 0.3 is 0 Å². The van der Waals surface area contributed by atoms with E-state index in [0.29, 0.717) is 17.5 Å². The summed E-state index contributed by atoms with van der Waals surface area (Å²) in [6.07, 6.45) is 0. The van der Waals surface area contributed by atoms with Gasteiger partial charge in [-0.2, -0.15) is 0 Å². The van der Waals surface area contributed by atoms with Gasteiger partial charge in [0.15, 0.2) is 17.5 Å². The summed E-state index contributed by atoms with van der Waals surface area (Å²) in [6.45, 7) is 0. The Morgan fingerprint density at radius 3 is 1.54 bits per heavy atom. The Morgan fingerprint density at radius 1 is 0.340 bits per heavy atom. The van der Waals surface area contributed by atoms with Gasteiger partial charge in [-0.3, -0.25) is 0 Å². The summed E-state index contributed by atoms with van der Waals surface area (Å²) in [5.74, 6) is 1.79. The first-order valence-electron chi connectivity index (χ1n) is 16.6. The van der Waals surface area contributed by atoms with Crippen LogP contribution >= 0.6 is 11.3 Å². The van der Waals surface area contributed by atoms with E-state index in [1.54, 1.807) is 0 Å². The van der Waals surface area contributed by atoms with Crippen molar-refractivity contribution in [3.8, 4) is 56.4 Å². The van der Waals surface area contributed by atoms with Gasteiger partial charge in [-0.25, -0.2) is 15.0 Å². The third-order valence-electron chi connectivity index (χ3n) is 9.38. The molecule has 0 atom stereocenters. The van der Waals surface area contributed by atoms with Crippen LogP contribution in [0.25, 0.3) is 98.5 Å². The van der Waals surface area contributed by atoms with Crippen LogP contribution in [0.1, 0.15) is 0 Å². The highest BCUT2D eigenvalue weighted by Crippen LogP contribution is 2.44. The number of hydrogen-bond donors (Lipinski definition) is 0. The summed E-state index contributed by atoms with van der Waals surface area (Å²) < 4.78 is 9.45. The van der Waals surface area contributed by atoms with Crippen molar-refractivity contribution in [3.05, 3.63) is 164 Å². The molecule has 0 fully saturated rings. The molecular formula is C45H27N3OS. The smallest absolute Gasteiger partial charge is 0.167 e. The van der Waals surface area contributed by atoms with E-state index in [0.717, 1.165) is 49.8 Å². The second kappa shape index (κ2) is 11.6. The van der Waals surface area contributed by atoms with Gasteiger partial charge in [0.1, 0.15) is 11.2 Å². The zero-order valence-electron chi connectivity index (χ0n) is 26.7. The van der Waals surface area contributed by atoms with Crippen molar-refractivity contribution in [1.29, 1.82) is 0 Å². The van der Waals surface area contributed by atoms with Gasteiger partial charge in [0.2, 0.25) is 0 Å². The molecule has 10 rings (SSSR count). The molecule has 0 saturated heterocycles.